The molecule has 0 saturated carbocycles. The molecule has 0 radical (unpaired) electrons. The quantitative estimate of drug-likeness (QED) is 0.806. The molecule has 0 bridgehead atoms. The third kappa shape index (κ3) is 4.33. The topological polar surface area (TPSA) is 85.4 Å². The van der Waals surface area contributed by atoms with Crippen LogP contribution in [0.5, 0.6) is 0 Å². The molecule has 1 atom stereocenters. The average Bonchev–Trinajstić information content (AvgIpc) is 2.57. The van der Waals surface area contributed by atoms with Crippen molar-refractivity contribution in [3.63, 3.8) is 0 Å². The average molecular weight is 338 g/mol. The third-order valence-corrected chi connectivity index (χ3v) is 4.59. The number of hydrogen-bond acceptors (Lipinski definition) is 5. The van der Waals surface area contributed by atoms with Gasteiger partial charge in [0, 0.05) is 18.9 Å². The van der Waals surface area contributed by atoms with Crippen molar-refractivity contribution in [2.24, 2.45) is 0 Å². The molecule has 23 heavy (non-hydrogen) atoms. The number of benzene rings is 1. The Morgan fingerprint density at radius 2 is 2.00 bits per heavy atom. The molecule has 1 aromatic heterocycles. The van der Waals surface area contributed by atoms with Gasteiger partial charge in [-0.3, -0.25) is 9.78 Å². The highest BCUT2D eigenvalue weighted by Gasteiger charge is 2.24. The number of ether oxygens (including phenoxy) is 1. The Labute approximate surface area is 133 Å². The second-order valence-electron chi connectivity index (χ2n) is 4.67. The molecule has 1 heterocycles. The second-order valence-corrected chi connectivity index (χ2v) is 6.43. The minimum atomic E-state index is -3.81. The molecule has 0 aliphatic heterocycles. The fourth-order valence-electron chi connectivity index (χ4n) is 1.96. The Bertz CT molecular complexity index is 764. The maximum Gasteiger partial charge on any atom is 0.314 e. The largest absolute Gasteiger partial charge is 0.469 e. The van der Waals surface area contributed by atoms with Crippen molar-refractivity contribution in [3.8, 4) is 0 Å². The highest BCUT2D eigenvalue weighted by molar-refractivity contribution is 7.89. The van der Waals surface area contributed by atoms with Gasteiger partial charge in [0.05, 0.1) is 13.0 Å². The molecule has 1 N–H and O–H groups in total. The first-order valence-corrected chi connectivity index (χ1v) is 8.15. The summed E-state index contributed by atoms with van der Waals surface area (Å²) in [4.78, 5) is 15.6. The van der Waals surface area contributed by atoms with E-state index in [4.69, 9.17) is 0 Å². The van der Waals surface area contributed by atoms with Crippen molar-refractivity contribution in [3.05, 3.63) is 60.2 Å². The monoisotopic (exact) mass is 338 g/mol. The molecule has 0 aliphatic carbocycles. The number of aromatic nitrogens is 1. The Morgan fingerprint density at radius 3 is 2.57 bits per heavy atom. The van der Waals surface area contributed by atoms with E-state index in [-0.39, 0.29) is 11.4 Å². The van der Waals surface area contributed by atoms with Gasteiger partial charge in [0.25, 0.3) is 0 Å². The molecule has 2 rings (SSSR count). The summed E-state index contributed by atoms with van der Waals surface area (Å²) in [7, 11) is -2.60. The highest BCUT2D eigenvalue weighted by Crippen LogP contribution is 2.18. The molecule has 0 saturated heterocycles. The lowest BCUT2D eigenvalue weighted by atomic mass is 9.99. The zero-order valence-electron chi connectivity index (χ0n) is 12.3. The fourth-order valence-corrected chi connectivity index (χ4v) is 2.97. The van der Waals surface area contributed by atoms with Gasteiger partial charge >= 0.3 is 5.97 Å². The van der Waals surface area contributed by atoms with E-state index in [9.17, 15) is 17.6 Å². The second kappa shape index (κ2) is 7.30. The number of carbonyl (C=O) groups excluding carboxylic acids is 1. The summed E-state index contributed by atoms with van der Waals surface area (Å²) in [6.07, 6.45) is 2.65. The summed E-state index contributed by atoms with van der Waals surface area (Å²) in [6.45, 7) is -0.213. The first-order chi connectivity index (χ1) is 10.9. The van der Waals surface area contributed by atoms with E-state index in [1.54, 1.807) is 0 Å². The van der Waals surface area contributed by atoms with Crippen molar-refractivity contribution in [1.82, 2.24) is 9.71 Å². The van der Waals surface area contributed by atoms with Gasteiger partial charge in [-0.25, -0.2) is 17.5 Å². The zero-order chi connectivity index (χ0) is 16.9. The van der Waals surface area contributed by atoms with Crippen LogP contribution in [0.3, 0.4) is 0 Å². The van der Waals surface area contributed by atoms with Crippen LogP contribution in [0.4, 0.5) is 4.39 Å². The number of sulfonamides is 1. The number of nitrogens with one attached hydrogen (secondary N) is 1. The Kier molecular flexibility index (Phi) is 5.41. The lowest BCUT2D eigenvalue weighted by Crippen LogP contribution is -2.32. The normalized spacial score (nSPS) is 12.6. The Morgan fingerprint density at radius 1 is 1.30 bits per heavy atom. The smallest absolute Gasteiger partial charge is 0.314 e. The van der Waals surface area contributed by atoms with Crippen LogP contribution in [0, 0.1) is 5.82 Å². The number of nitrogens with zero attached hydrogens (tertiary/aromatic N) is 1. The number of halogens is 1. The first kappa shape index (κ1) is 17.0. The van der Waals surface area contributed by atoms with E-state index >= 15 is 0 Å². The molecule has 0 aliphatic rings. The number of rotatable bonds is 6. The van der Waals surface area contributed by atoms with Crippen molar-refractivity contribution in [1.29, 1.82) is 0 Å². The number of hydrogen-bond donors (Lipinski definition) is 1. The van der Waals surface area contributed by atoms with Gasteiger partial charge in [-0.1, -0.05) is 12.1 Å². The minimum Gasteiger partial charge on any atom is -0.469 e. The Hall–Kier alpha value is -2.32. The maximum atomic E-state index is 13.0. The molecule has 0 amide bonds. The molecule has 122 valence electrons. The molecular weight excluding hydrogens is 323 g/mol. The summed E-state index contributed by atoms with van der Waals surface area (Å²) in [5, 5.41) is 0. The summed E-state index contributed by atoms with van der Waals surface area (Å²) in [5.41, 5.74) is 0.451. The number of methoxy groups -OCH3 is 1. The Balaban J connectivity index is 2.19. The summed E-state index contributed by atoms with van der Waals surface area (Å²) in [6, 6.07) is 8.10. The van der Waals surface area contributed by atoms with Gasteiger partial charge in [-0.05, 0) is 29.8 Å². The SMILES string of the molecule is COC(=O)[C@@H](CNS(=O)(=O)c1cccnc1)c1ccc(F)cc1. The molecular formula is C15H15FN2O4S. The van der Waals surface area contributed by atoms with Crippen LogP contribution in [0.1, 0.15) is 11.5 Å². The molecule has 1 aromatic carbocycles. The molecule has 0 spiro atoms. The highest BCUT2D eigenvalue weighted by atomic mass is 32.2. The van der Waals surface area contributed by atoms with E-state index < -0.39 is 27.7 Å². The van der Waals surface area contributed by atoms with E-state index in [1.807, 2.05) is 0 Å². The third-order valence-electron chi connectivity index (χ3n) is 3.18. The van der Waals surface area contributed by atoms with E-state index in [0.717, 1.165) is 0 Å². The van der Waals surface area contributed by atoms with Gasteiger partial charge < -0.3 is 4.74 Å². The van der Waals surface area contributed by atoms with E-state index in [0.29, 0.717) is 5.56 Å². The molecule has 2 aromatic rings. The van der Waals surface area contributed by atoms with Crippen LogP contribution in [-0.2, 0) is 19.6 Å². The fraction of sp³-hybridized carbons (Fsp3) is 0.200. The van der Waals surface area contributed by atoms with Crippen molar-refractivity contribution >= 4 is 16.0 Å². The van der Waals surface area contributed by atoms with Gasteiger partial charge in [-0.15, -0.1) is 0 Å². The lowest BCUT2D eigenvalue weighted by Gasteiger charge is -2.16. The molecule has 0 fully saturated rings. The van der Waals surface area contributed by atoms with Crippen LogP contribution in [0.15, 0.2) is 53.7 Å². The number of esters is 1. The van der Waals surface area contributed by atoms with Crippen LogP contribution in [0.2, 0.25) is 0 Å². The van der Waals surface area contributed by atoms with Crippen molar-refractivity contribution in [2.75, 3.05) is 13.7 Å². The molecule has 8 heteroatoms. The predicted molar refractivity (Wildman–Crippen MR) is 80.6 cm³/mol. The van der Waals surface area contributed by atoms with Crippen LogP contribution < -0.4 is 4.72 Å². The van der Waals surface area contributed by atoms with E-state index in [1.165, 1.54) is 55.9 Å². The van der Waals surface area contributed by atoms with Gasteiger partial charge in [0.15, 0.2) is 0 Å². The summed E-state index contributed by atoms with van der Waals surface area (Å²) in [5.74, 6) is -1.95. The standard InChI is InChI=1S/C15H15FN2O4S/c1-22-15(19)14(11-4-6-12(16)7-5-11)10-18-23(20,21)13-3-2-8-17-9-13/h2-9,14,18H,10H2,1H3/t14-/m0/s1. The van der Waals surface area contributed by atoms with Gasteiger partial charge in [0.2, 0.25) is 10.0 Å². The van der Waals surface area contributed by atoms with Gasteiger partial charge in [-0.2, -0.15) is 0 Å². The number of pyridine rings is 1. The maximum absolute atomic E-state index is 13.0. The zero-order valence-corrected chi connectivity index (χ0v) is 13.1. The van der Waals surface area contributed by atoms with Gasteiger partial charge in [0.1, 0.15) is 10.7 Å². The first-order valence-electron chi connectivity index (χ1n) is 6.67. The number of carbonyl (C=O) groups is 1. The van der Waals surface area contributed by atoms with Crippen molar-refractivity contribution < 1.29 is 22.3 Å². The van der Waals surface area contributed by atoms with Crippen LogP contribution >= 0.6 is 0 Å². The summed E-state index contributed by atoms with van der Waals surface area (Å²) >= 11 is 0. The predicted octanol–water partition coefficient (Wildman–Crippen LogP) is 1.46. The summed E-state index contributed by atoms with van der Waals surface area (Å²) < 4.78 is 44.4. The lowest BCUT2D eigenvalue weighted by molar-refractivity contribution is -0.142. The minimum absolute atomic E-state index is 0.0114. The van der Waals surface area contributed by atoms with E-state index in [2.05, 4.69) is 14.4 Å². The van der Waals surface area contributed by atoms with Crippen LogP contribution in [0.25, 0.3) is 0 Å². The molecule has 0 unspecified atom stereocenters. The van der Waals surface area contributed by atoms with Crippen LogP contribution in [-0.4, -0.2) is 33.0 Å². The molecule has 6 nitrogen and oxygen atoms in total. The van der Waals surface area contributed by atoms with Crippen molar-refractivity contribution in [2.45, 2.75) is 10.8 Å².